The van der Waals surface area contributed by atoms with Gasteiger partial charge in [0.25, 0.3) is 0 Å². The highest BCUT2D eigenvalue weighted by Crippen LogP contribution is 2.45. The number of fused-ring (bicyclic) bond motifs is 1. The first-order valence-corrected chi connectivity index (χ1v) is 6.36. The number of ether oxygens (including phenoxy) is 1. The zero-order chi connectivity index (χ0) is 10.8. The molecule has 0 N–H and O–H groups in total. The van der Waals surface area contributed by atoms with Crippen LogP contribution in [0.15, 0.2) is 0 Å². The van der Waals surface area contributed by atoms with Crippen LogP contribution >= 0.6 is 0 Å². The van der Waals surface area contributed by atoms with Gasteiger partial charge in [-0.1, -0.05) is 26.7 Å². The Morgan fingerprint density at radius 1 is 1.27 bits per heavy atom. The molecule has 0 heterocycles. The molecule has 2 saturated carbocycles. The van der Waals surface area contributed by atoms with E-state index in [9.17, 15) is 4.79 Å². The van der Waals surface area contributed by atoms with Crippen molar-refractivity contribution in [3.05, 3.63) is 0 Å². The molecule has 0 aliphatic heterocycles. The molecule has 2 nitrogen and oxygen atoms in total. The second-order valence-corrected chi connectivity index (χ2v) is 5.56. The van der Waals surface area contributed by atoms with Gasteiger partial charge in [-0.05, 0) is 37.0 Å². The lowest BCUT2D eigenvalue weighted by Crippen LogP contribution is -2.23. The van der Waals surface area contributed by atoms with Crippen LogP contribution in [0.25, 0.3) is 0 Å². The van der Waals surface area contributed by atoms with Gasteiger partial charge in [-0.3, -0.25) is 4.79 Å². The van der Waals surface area contributed by atoms with E-state index in [4.69, 9.17) is 4.74 Å². The number of rotatable bonds is 3. The zero-order valence-corrected chi connectivity index (χ0v) is 9.87. The van der Waals surface area contributed by atoms with Gasteiger partial charge in [0, 0.05) is 6.42 Å². The lowest BCUT2D eigenvalue weighted by atomic mass is 9.99. The van der Waals surface area contributed by atoms with Gasteiger partial charge in [-0.25, -0.2) is 0 Å². The van der Waals surface area contributed by atoms with Gasteiger partial charge in [-0.15, -0.1) is 0 Å². The minimum atomic E-state index is 0.0162. The van der Waals surface area contributed by atoms with Crippen molar-refractivity contribution in [2.45, 2.75) is 58.5 Å². The zero-order valence-electron chi connectivity index (χ0n) is 9.87. The molecule has 0 spiro atoms. The molecule has 0 aromatic heterocycles. The van der Waals surface area contributed by atoms with Crippen molar-refractivity contribution in [2.24, 2.45) is 17.8 Å². The number of hydrogen-bond acceptors (Lipinski definition) is 2. The molecule has 0 radical (unpaired) electrons. The predicted molar refractivity (Wildman–Crippen MR) is 59.4 cm³/mol. The number of esters is 1. The maximum atomic E-state index is 11.6. The van der Waals surface area contributed by atoms with Gasteiger partial charge >= 0.3 is 5.97 Å². The molecule has 2 fully saturated rings. The molecule has 15 heavy (non-hydrogen) atoms. The summed E-state index contributed by atoms with van der Waals surface area (Å²) in [4.78, 5) is 11.6. The van der Waals surface area contributed by atoms with Gasteiger partial charge in [-0.2, -0.15) is 0 Å². The first kappa shape index (κ1) is 11.0. The minimum absolute atomic E-state index is 0.0162. The van der Waals surface area contributed by atoms with Crippen LogP contribution in [0.3, 0.4) is 0 Å². The molecule has 0 aromatic rings. The van der Waals surface area contributed by atoms with E-state index in [1.54, 1.807) is 0 Å². The summed E-state index contributed by atoms with van der Waals surface area (Å²) >= 11 is 0. The molecule has 0 saturated heterocycles. The van der Waals surface area contributed by atoms with Crippen LogP contribution < -0.4 is 0 Å². The van der Waals surface area contributed by atoms with Crippen molar-refractivity contribution in [2.75, 3.05) is 0 Å². The van der Waals surface area contributed by atoms with E-state index in [2.05, 4.69) is 13.8 Å². The Kier molecular flexibility index (Phi) is 3.32. The van der Waals surface area contributed by atoms with Gasteiger partial charge in [0.2, 0.25) is 0 Å². The summed E-state index contributed by atoms with van der Waals surface area (Å²) in [6, 6.07) is 0. The molecule has 2 heteroatoms. The summed E-state index contributed by atoms with van der Waals surface area (Å²) in [7, 11) is 0. The van der Waals surface area contributed by atoms with Gasteiger partial charge in [0.1, 0.15) is 6.10 Å². The molecule has 0 bridgehead atoms. The van der Waals surface area contributed by atoms with E-state index in [1.165, 1.54) is 25.7 Å². The van der Waals surface area contributed by atoms with E-state index in [0.29, 0.717) is 18.3 Å². The number of hydrogen-bond donors (Lipinski definition) is 0. The largest absolute Gasteiger partial charge is 0.462 e. The fraction of sp³-hybridized carbons (Fsp3) is 0.923. The highest BCUT2D eigenvalue weighted by molar-refractivity contribution is 5.69. The van der Waals surface area contributed by atoms with Crippen molar-refractivity contribution in [3.8, 4) is 0 Å². The molecule has 2 aliphatic rings. The maximum absolute atomic E-state index is 11.6. The normalized spacial score (nSPS) is 34.5. The molecule has 2 aliphatic carbocycles. The van der Waals surface area contributed by atoms with Crippen molar-refractivity contribution in [1.29, 1.82) is 0 Å². The standard InChI is InChI=1S/C13H22O2/c1-9(2)8-13(14)15-12-7-6-10-4-3-5-11(10)12/h9-12H,3-8H2,1-2H3. The quantitative estimate of drug-likeness (QED) is 0.669. The SMILES string of the molecule is CC(C)CC(=O)OC1CCC2CCCC21. The summed E-state index contributed by atoms with van der Waals surface area (Å²) in [5.74, 6) is 1.99. The number of carbonyl (C=O) groups is 1. The topological polar surface area (TPSA) is 26.3 Å². The molecule has 86 valence electrons. The highest BCUT2D eigenvalue weighted by atomic mass is 16.5. The Labute approximate surface area is 92.4 Å². The van der Waals surface area contributed by atoms with E-state index in [1.807, 2.05) is 0 Å². The Balaban J connectivity index is 1.82. The van der Waals surface area contributed by atoms with Crippen molar-refractivity contribution >= 4 is 5.97 Å². The maximum Gasteiger partial charge on any atom is 0.306 e. The van der Waals surface area contributed by atoms with E-state index < -0.39 is 0 Å². The van der Waals surface area contributed by atoms with Crippen LogP contribution in [0.1, 0.15) is 52.4 Å². The molecular weight excluding hydrogens is 188 g/mol. The molecule has 3 atom stereocenters. The monoisotopic (exact) mass is 210 g/mol. The Bertz CT molecular complexity index is 235. The Morgan fingerprint density at radius 3 is 2.80 bits per heavy atom. The Morgan fingerprint density at radius 2 is 2.07 bits per heavy atom. The van der Waals surface area contributed by atoms with Crippen LogP contribution in [0.2, 0.25) is 0 Å². The third-order valence-electron chi connectivity index (χ3n) is 3.88. The summed E-state index contributed by atoms with van der Waals surface area (Å²) in [6.07, 6.45) is 7.21. The first-order valence-electron chi connectivity index (χ1n) is 6.36. The smallest absolute Gasteiger partial charge is 0.306 e. The van der Waals surface area contributed by atoms with Crippen molar-refractivity contribution < 1.29 is 9.53 Å². The first-order chi connectivity index (χ1) is 7.16. The average molecular weight is 210 g/mol. The number of carbonyl (C=O) groups excluding carboxylic acids is 1. The van der Waals surface area contributed by atoms with Crippen LogP contribution in [-0.4, -0.2) is 12.1 Å². The van der Waals surface area contributed by atoms with Crippen molar-refractivity contribution in [1.82, 2.24) is 0 Å². The molecule has 0 amide bonds. The fourth-order valence-corrected chi connectivity index (χ4v) is 3.20. The van der Waals surface area contributed by atoms with Gasteiger partial charge < -0.3 is 4.74 Å². The predicted octanol–water partition coefficient (Wildman–Crippen LogP) is 3.15. The van der Waals surface area contributed by atoms with Crippen LogP contribution in [0, 0.1) is 17.8 Å². The third kappa shape index (κ3) is 2.53. The highest BCUT2D eigenvalue weighted by Gasteiger charge is 2.41. The third-order valence-corrected chi connectivity index (χ3v) is 3.88. The van der Waals surface area contributed by atoms with E-state index in [0.717, 1.165) is 12.3 Å². The second-order valence-electron chi connectivity index (χ2n) is 5.56. The summed E-state index contributed by atoms with van der Waals surface area (Å²) in [5.41, 5.74) is 0. The van der Waals surface area contributed by atoms with E-state index in [-0.39, 0.29) is 12.1 Å². The minimum Gasteiger partial charge on any atom is -0.462 e. The molecule has 2 rings (SSSR count). The second kappa shape index (κ2) is 4.54. The fourth-order valence-electron chi connectivity index (χ4n) is 3.20. The lowest BCUT2D eigenvalue weighted by molar-refractivity contribution is -0.151. The summed E-state index contributed by atoms with van der Waals surface area (Å²) < 4.78 is 5.60. The lowest BCUT2D eigenvalue weighted by Gasteiger charge is -2.19. The Hall–Kier alpha value is -0.530. The van der Waals surface area contributed by atoms with E-state index >= 15 is 0 Å². The van der Waals surface area contributed by atoms with Gasteiger partial charge in [0.15, 0.2) is 0 Å². The molecular formula is C13H22O2. The molecule has 0 aromatic carbocycles. The van der Waals surface area contributed by atoms with Crippen LogP contribution in [-0.2, 0) is 9.53 Å². The van der Waals surface area contributed by atoms with Crippen molar-refractivity contribution in [3.63, 3.8) is 0 Å². The van der Waals surface area contributed by atoms with Crippen LogP contribution in [0.5, 0.6) is 0 Å². The van der Waals surface area contributed by atoms with Gasteiger partial charge in [0.05, 0.1) is 0 Å². The summed E-state index contributed by atoms with van der Waals surface area (Å²) in [5, 5.41) is 0. The molecule has 3 unspecified atom stereocenters. The average Bonchev–Trinajstić information content (AvgIpc) is 2.68. The summed E-state index contributed by atoms with van der Waals surface area (Å²) in [6.45, 7) is 4.13. The van der Waals surface area contributed by atoms with Crippen LogP contribution in [0.4, 0.5) is 0 Å².